The lowest BCUT2D eigenvalue weighted by atomic mass is 9.83. The summed E-state index contributed by atoms with van der Waals surface area (Å²) in [5.74, 6) is -0.593. The van der Waals surface area contributed by atoms with Gasteiger partial charge in [0.2, 0.25) is 5.91 Å². The van der Waals surface area contributed by atoms with Gasteiger partial charge in [0.05, 0.1) is 11.3 Å². The Kier molecular flexibility index (Phi) is 10.1. The van der Waals surface area contributed by atoms with Gasteiger partial charge in [0.25, 0.3) is 5.69 Å². The van der Waals surface area contributed by atoms with Gasteiger partial charge < -0.3 is 4.18 Å². The number of carbonyl (C=O) groups is 1. The molecule has 0 aliphatic carbocycles. The Balaban J connectivity index is 2.47. The van der Waals surface area contributed by atoms with Gasteiger partial charge in [0.15, 0.2) is 5.75 Å². The van der Waals surface area contributed by atoms with E-state index in [0.29, 0.717) is 17.0 Å². The first-order valence-corrected chi connectivity index (χ1v) is 14.6. The fraction of sp³-hybridized carbons (Fsp3) is 0.552. The molecule has 0 spiro atoms. The van der Waals surface area contributed by atoms with Gasteiger partial charge in [0.1, 0.15) is 0 Å². The normalized spacial score (nSPS) is 12.2. The van der Waals surface area contributed by atoms with E-state index in [9.17, 15) is 23.3 Å². The smallest absolute Gasteiger partial charge is 0.366 e. The minimum atomic E-state index is -4.56. The van der Waals surface area contributed by atoms with E-state index < -0.39 is 21.1 Å². The van der Waals surface area contributed by atoms with Crippen molar-refractivity contribution in [2.45, 2.75) is 105 Å². The molecule has 0 aliphatic rings. The first kappa shape index (κ1) is 31.3. The number of rotatable bonds is 11. The Bertz CT molecular complexity index is 1240. The molecule has 0 saturated carbocycles. The van der Waals surface area contributed by atoms with Gasteiger partial charge in [0, 0.05) is 23.3 Å². The molecule has 210 valence electrons. The molecule has 38 heavy (non-hydrogen) atoms. The summed E-state index contributed by atoms with van der Waals surface area (Å²) in [6, 6.07) is 6.86. The summed E-state index contributed by atoms with van der Waals surface area (Å²) in [6.45, 7) is 19.6. The molecule has 0 unspecified atom stereocenters. The van der Waals surface area contributed by atoms with Crippen molar-refractivity contribution < 1.29 is 22.3 Å². The summed E-state index contributed by atoms with van der Waals surface area (Å²) < 4.78 is 33.6. The Morgan fingerprint density at radius 2 is 1.21 bits per heavy atom. The van der Waals surface area contributed by atoms with Crippen molar-refractivity contribution >= 4 is 21.9 Å². The molecule has 0 bridgehead atoms. The molecular weight excluding hydrogens is 504 g/mol. The summed E-state index contributed by atoms with van der Waals surface area (Å²) in [5, 5.41) is 11.5. The molecular formula is C29H42N2O6S. The molecule has 0 heterocycles. The summed E-state index contributed by atoms with van der Waals surface area (Å²) in [7, 11) is -4.56. The standard InChI is InChI=1S/C29H42N2O6S/c1-16(2)21-11-23(17(3)4)27(24(12-21)18(5)6)15-28(32)30-38(35,36)37-29-25(19(7)8)13-22(31(33)34)14-26(29)20(9)10/h11-14,16-20H,15H2,1-10H3,(H,30,32). The number of hydrogen-bond acceptors (Lipinski definition) is 6. The Morgan fingerprint density at radius 1 is 0.789 bits per heavy atom. The number of non-ortho nitro benzene ring substituents is 1. The zero-order valence-electron chi connectivity index (χ0n) is 24.2. The van der Waals surface area contributed by atoms with E-state index in [1.54, 1.807) is 27.7 Å². The van der Waals surface area contributed by atoms with Crippen LogP contribution in [0.5, 0.6) is 5.75 Å². The molecule has 2 aromatic rings. The van der Waals surface area contributed by atoms with Crippen LogP contribution in [0.2, 0.25) is 0 Å². The molecule has 0 aliphatic heterocycles. The quantitative estimate of drug-likeness (QED) is 0.235. The molecule has 8 nitrogen and oxygen atoms in total. The van der Waals surface area contributed by atoms with E-state index in [1.165, 1.54) is 17.7 Å². The third-order valence-corrected chi connectivity index (χ3v) is 7.47. The van der Waals surface area contributed by atoms with Crippen LogP contribution in [-0.2, 0) is 21.5 Å². The summed E-state index contributed by atoms with van der Waals surface area (Å²) in [5.41, 5.74) is 4.67. The number of nitrogens with one attached hydrogen (secondary N) is 1. The van der Waals surface area contributed by atoms with Crippen LogP contribution in [0.15, 0.2) is 24.3 Å². The van der Waals surface area contributed by atoms with Gasteiger partial charge in [-0.25, -0.2) is 4.72 Å². The molecule has 0 fully saturated rings. The lowest BCUT2D eigenvalue weighted by Gasteiger charge is -2.23. The van der Waals surface area contributed by atoms with E-state index in [4.69, 9.17) is 4.18 Å². The maximum absolute atomic E-state index is 13.1. The van der Waals surface area contributed by atoms with Crippen LogP contribution in [0.1, 0.15) is 132 Å². The zero-order valence-corrected chi connectivity index (χ0v) is 25.0. The topological polar surface area (TPSA) is 116 Å². The van der Waals surface area contributed by atoms with Crippen LogP contribution in [0.4, 0.5) is 5.69 Å². The highest BCUT2D eigenvalue weighted by molar-refractivity contribution is 7.85. The van der Waals surface area contributed by atoms with Crippen LogP contribution < -0.4 is 8.91 Å². The average Bonchev–Trinajstić information content (AvgIpc) is 2.77. The minimum Gasteiger partial charge on any atom is -0.366 e. The van der Waals surface area contributed by atoms with E-state index in [0.717, 1.165) is 16.7 Å². The number of amides is 1. The Hall–Kier alpha value is -2.94. The molecule has 0 aromatic heterocycles. The molecule has 0 atom stereocenters. The number of nitro groups is 1. The fourth-order valence-electron chi connectivity index (χ4n) is 4.49. The van der Waals surface area contributed by atoms with Crippen molar-refractivity contribution in [3.63, 3.8) is 0 Å². The predicted octanol–water partition coefficient (Wildman–Crippen LogP) is 7.19. The lowest BCUT2D eigenvalue weighted by molar-refractivity contribution is -0.385. The number of nitro benzene ring substituents is 1. The highest BCUT2D eigenvalue weighted by Crippen LogP contribution is 2.39. The van der Waals surface area contributed by atoms with Crippen molar-refractivity contribution in [2.24, 2.45) is 0 Å². The monoisotopic (exact) mass is 546 g/mol. The molecule has 1 amide bonds. The summed E-state index contributed by atoms with van der Waals surface area (Å²) in [6.07, 6.45) is -0.115. The largest absolute Gasteiger partial charge is 0.409 e. The maximum Gasteiger partial charge on any atom is 0.409 e. The van der Waals surface area contributed by atoms with E-state index in [-0.39, 0.29) is 41.5 Å². The SMILES string of the molecule is CC(C)c1cc(C(C)C)c(CC(=O)NS(=O)(=O)Oc2c(C(C)C)cc([N+](=O)[O-])cc2C(C)C)c(C(C)C)c1. The van der Waals surface area contributed by atoms with Crippen molar-refractivity contribution in [3.05, 3.63) is 67.8 Å². The average molecular weight is 547 g/mol. The van der Waals surface area contributed by atoms with Crippen LogP contribution >= 0.6 is 0 Å². The van der Waals surface area contributed by atoms with Gasteiger partial charge in [-0.05, 0) is 51.8 Å². The second-order valence-corrected chi connectivity index (χ2v) is 12.7. The minimum absolute atomic E-state index is 0.0212. The molecule has 9 heteroatoms. The lowest BCUT2D eigenvalue weighted by Crippen LogP contribution is -2.36. The molecule has 1 N–H and O–H groups in total. The van der Waals surface area contributed by atoms with Crippen molar-refractivity contribution in [3.8, 4) is 5.75 Å². The number of hydrogen-bond donors (Lipinski definition) is 1. The fourth-order valence-corrected chi connectivity index (χ4v) is 5.30. The second-order valence-electron chi connectivity index (χ2n) is 11.4. The third-order valence-electron chi connectivity index (χ3n) is 6.61. The number of carbonyl (C=O) groups excluding carboxylic acids is 1. The van der Waals surface area contributed by atoms with Gasteiger partial charge in [-0.2, -0.15) is 8.42 Å². The van der Waals surface area contributed by atoms with Crippen molar-refractivity contribution in [1.29, 1.82) is 0 Å². The molecule has 2 rings (SSSR count). The van der Waals surface area contributed by atoms with E-state index >= 15 is 0 Å². The highest BCUT2D eigenvalue weighted by Gasteiger charge is 2.27. The van der Waals surface area contributed by atoms with Crippen LogP contribution in [0, 0.1) is 10.1 Å². The number of benzene rings is 2. The highest BCUT2D eigenvalue weighted by atomic mass is 32.2. The Morgan fingerprint density at radius 3 is 1.55 bits per heavy atom. The number of nitrogens with zero attached hydrogens (tertiary/aromatic N) is 1. The Labute approximate surface area is 227 Å². The van der Waals surface area contributed by atoms with Crippen molar-refractivity contribution in [1.82, 2.24) is 4.72 Å². The van der Waals surface area contributed by atoms with E-state index in [2.05, 4.69) is 58.4 Å². The second kappa shape index (κ2) is 12.3. The zero-order chi connectivity index (χ0) is 29.1. The van der Waals surface area contributed by atoms with Gasteiger partial charge in [-0.15, -0.1) is 0 Å². The first-order valence-electron chi connectivity index (χ1n) is 13.2. The van der Waals surface area contributed by atoms with Crippen LogP contribution in [0.25, 0.3) is 0 Å². The first-order chi connectivity index (χ1) is 17.4. The molecule has 0 radical (unpaired) electrons. The summed E-state index contributed by atoms with van der Waals surface area (Å²) >= 11 is 0. The molecule has 0 saturated heterocycles. The van der Waals surface area contributed by atoms with Gasteiger partial charge in [-0.3, -0.25) is 14.9 Å². The van der Waals surface area contributed by atoms with Crippen LogP contribution in [0.3, 0.4) is 0 Å². The van der Waals surface area contributed by atoms with Crippen LogP contribution in [-0.4, -0.2) is 19.2 Å². The maximum atomic E-state index is 13.1. The third kappa shape index (κ3) is 7.56. The van der Waals surface area contributed by atoms with Gasteiger partial charge >= 0.3 is 10.3 Å². The van der Waals surface area contributed by atoms with Crippen molar-refractivity contribution in [2.75, 3.05) is 0 Å². The van der Waals surface area contributed by atoms with E-state index in [1.807, 2.05) is 0 Å². The summed E-state index contributed by atoms with van der Waals surface area (Å²) in [4.78, 5) is 24.1. The molecule has 2 aromatic carbocycles. The predicted molar refractivity (Wildman–Crippen MR) is 151 cm³/mol. The van der Waals surface area contributed by atoms with Gasteiger partial charge in [-0.1, -0.05) is 81.4 Å².